The van der Waals surface area contributed by atoms with Crippen LogP contribution in [0.15, 0.2) is 23.1 Å². The Balaban J connectivity index is 2.50. The number of rotatable bonds is 6. The van der Waals surface area contributed by atoms with E-state index < -0.39 is 0 Å². The smallest absolute Gasteiger partial charge is 0.267 e. The molecule has 0 saturated heterocycles. The minimum absolute atomic E-state index is 0.0819. The SMILES string of the molecule is CC(C)CN1C(=O)C(SCCO)=C(c2ccc(Cl)cc2Cl)C1=O. The third-order valence-electron chi connectivity index (χ3n) is 3.21. The Bertz CT molecular complexity index is 673. The van der Waals surface area contributed by atoms with Crippen LogP contribution >= 0.6 is 35.0 Å². The predicted octanol–water partition coefficient (Wildman–Crippen LogP) is 3.45. The molecule has 2 rings (SSSR count). The summed E-state index contributed by atoms with van der Waals surface area (Å²) in [5, 5.41) is 9.82. The van der Waals surface area contributed by atoms with Crippen molar-refractivity contribution in [2.75, 3.05) is 18.9 Å². The Morgan fingerprint density at radius 3 is 2.48 bits per heavy atom. The molecule has 0 aliphatic carbocycles. The molecule has 1 heterocycles. The van der Waals surface area contributed by atoms with E-state index in [2.05, 4.69) is 0 Å². The van der Waals surface area contributed by atoms with Gasteiger partial charge in [-0.05, 0) is 18.1 Å². The van der Waals surface area contributed by atoms with Crippen LogP contribution in [0.1, 0.15) is 19.4 Å². The topological polar surface area (TPSA) is 57.6 Å². The summed E-state index contributed by atoms with van der Waals surface area (Å²) < 4.78 is 0. The summed E-state index contributed by atoms with van der Waals surface area (Å²) in [7, 11) is 0. The van der Waals surface area contributed by atoms with E-state index in [-0.39, 0.29) is 29.9 Å². The lowest BCUT2D eigenvalue weighted by molar-refractivity contribution is -0.137. The van der Waals surface area contributed by atoms with Gasteiger partial charge in [-0.15, -0.1) is 11.8 Å². The minimum Gasteiger partial charge on any atom is -0.396 e. The number of imide groups is 1. The molecular weight excluding hydrogens is 357 g/mol. The van der Waals surface area contributed by atoms with E-state index in [4.69, 9.17) is 28.3 Å². The maximum Gasteiger partial charge on any atom is 0.267 e. The fourth-order valence-corrected chi connectivity index (χ4v) is 3.67. The monoisotopic (exact) mass is 373 g/mol. The quantitative estimate of drug-likeness (QED) is 0.775. The van der Waals surface area contributed by atoms with Crippen molar-refractivity contribution in [3.63, 3.8) is 0 Å². The Morgan fingerprint density at radius 1 is 1.22 bits per heavy atom. The second kappa shape index (κ2) is 7.71. The van der Waals surface area contributed by atoms with Crippen molar-refractivity contribution in [1.82, 2.24) is 4.90 Å². The number of carbonyl (C=O) groups is 2. The lowest BCUT2D eigenvalue weighted by Gasteiger charge is -2.17. The normalized spacial score (nSPS) is 15.3. The number of thioether (sulfide) groups is 1. The average molecular weight is 374 g/mol. The molecular formula is C16H17Cl2NO3S. The van der Waals surface area contributed by atoms with E-state index in [0.29, 0.717) is 32.8 Å². The molecule has 124 valence electrons. The van der Waals surface area contributed by atoms with E-state index in [1.165, 1.54) is 16.7 Å². The molecule has 0 aromatic heterocycles. The highest BCUT2D eigenvalue weighted by atomic mass is 35.5. The van der Waals surface area contributed by atoms with E-state index in [1.807, 2.05) is 13.8 Å². The number of hydrogen-bond donors (Lipinski definition) is 1. The molecule has 0 unspecified atom stereocenters. The van der Waals surface area contributed by atoms with Crippen LogP contribution in [-0.4, -0.2) is 40.7 Å². The summed E-state index contributed by atoms with van der Waals surface area (Å²) in [5.74, 6) is -0.193. The van der Waals surface area contributed by atoms with Gasteiger partial charge >= 0.3 is 0 Å². The summed E-state index contributed by atoms with van der Waals surface area (Å²) in [6, 6.07) is 4.82. The van der Waals surface area contributed by atoms with Crippen molar-refractivity contribution in [2.24, 2.45) is 5.92 Å². The lowest BCUT2D eigenvalue weighted by atomic mass is 10.1. The summed E-state index contributed by atoms with van der Waals surface area (Å²) in [4.78, 5) is 26.9. The van der Waals surface area contributed by atoms with Crippen LogP contribution < -0.4 is 0 Å². The Morgan fingerprint density at radius 2 is 1.91 bits per heavy atom. The van der Waals surface area contributed by atoms with Crippen molar-refractivity contribution >= 4 is 52.4 Å². The van der Waals surface area contributed by atoms with Crippen LogP contribution in [0.2, 0.25) is 10.0 Å². The van der Waals surface area contributed by atoms with Crippen molar-refractivity contribution in [1.29, 1.82) is 0 Å². The zero-order valence-electron chi connectivity index (χ0n) is 12.8. The molecule has 4 nitrogen and oxygen atoms in total. The van der Waals surface area contributed by atoms with Gasteiger partial charge in [0.15, 0.2) is 0 Å². The number of benzene rings is 1. The number of halogens is 2. The van der Waals surface area contributed by atoms with Gasteiger partial charge in [-0.3, -0.25) is 14.5 Å². The lowest BCUT2D eigenvalue weighted by Crippen LogP contribution is -2.34. The number of amides is 2. The molecule has 0 bridgehead atoms. The Labute approximate surface area is 149 Å². The Hall–Kier alpha value is -1.01. The zero-order chi connectivity index (χ0) is 17.1. The zero-order valence-corrected chi connectivity index (χ0v) is 15.1. The average Bonchev–Trinajstić information content (AvgIpc) is 2.69. The first kappa shape index (κ1) is 18.3. The van der Waals surface area contributed by atoms with Crippen LogP contribution in [0, 0.1) is 5.92 Å². The second-order valence-corrected chi connectivity index (χ2v) is 7.46. The molecule has 1 aromatic rings. The van der Waals surface area contributed by atoms with Gasteiger partial charge in [0.25, 0.3) is 11.8 Å². The molecule has 0 radical (unpaired) electrons. The van der Waals surface area contributed by atoms with Gasteiger partial charge in [0.2, 0.25) is 0 Å². The van der Waals surface area contributed by atoms with Crippen LogP contribution in [0.25, 0.3) is 5.57 Å². The number of nitrogens with zero attached hydrogens (tertiary/aromatic N) is 1. The molecule has 1 aromatic carbocycles. The van der Waals surface area contributed by atoms with Crippen molar-refractivity contribution in [2.45, 2.75) is 13.8 Å². The molecule has 1 aliphatic heterocycles. The van der Waals surface area contributed by atoms with Crippen LogP contribution in [0.4, 0.5) is 0 Å². The fourth-order valence-electron chi connectivity index (χ4n) is 2.30. The van der Waals surface area contributed by atoms with Crippen LogP contribution in [0.5, 0.6) is 0 Å². The summed E-state index contributed by atoms with van der Waals surface area (Å²) in [6.07, 6.45) is 0. The van der Waals surface area contributed by atoms with Gasteiger partial charge in [0.05, 0.1) is 22.1 Å². The molecule has 0 atom stereocenters. The van der Waals surface area contributed by atoms with Crippen molar-refractivity contribution < 1.29 is 14.7 Å². The predicted molar refractivity (Wildman–Crippen MR) is 94.5 cm³/mol. The van der Waals surface area contributed by atoms with E-state index >= 15 is 0 Å². The summed E-state index contributed by atoms with van der Waals surface area (Å²) >= 11 is 13.3. The first-order valence-electron chi connectivity index (χ1n) is 7.16. The maximum atomic E-state index is 12.7. The fraction of sp³-hybridized carbons (Fsp3) is 0.375. The van der Waals surface area contributed by atoms with Gasteiger partial charge in [-0.1, -0.05) is 43.1 Å². The van der Waals surface area contributed by atoms with E-state index in [0.717, 1.165) is 0 Å². The van der Waals surface area contributed by atoms with Crippen LogP contribution in [-0.2, 0) is 9.59 Å². The van der Waals surface area contributed by atoms with Gasteiger partial charge < -0.3 is 5.11 Å². The summed E-state index contributed by atoms with van der Waals surface area (Å²) in [5.41, 5.74) is 0.775. The minimum atomic E-state index is -0.353. The molecule has 23 heavy (non-hydrogen) atoms. The van der Waals surface area contributed by atoms with Gasteiger partial charge in [0, 0.05) is 22.9 Å². The van der Waals surface area contributed by atoms with Crippen molar-refractivity contribution in [3.8, 4) is 0 Å². The van der Waals surface area contributed by atoms with Crippen LogP contribution in [0.3, 0.4) is 0 Å². The number of aliphatic hydroxyl groups excluding tert-OH is 1. The van der Waals surface area contributed by atoms with E-state index in [9.17, 15) is 9.59 Å². The third-order valence-corrected chi connectivity index (χ3v) is 4.81. The van der Waals surface area contributed by atoms with Gasteiger partial charge in [-0.2, -0.15) is 0 Å². The second-order valence-electron chi connectivity index (χ2n) is 5.52. The molecule has 0 fully saturated rings. The summed E-state index contributed by atoms with van der Waals surface area (Å²) in [6.45, 7) is 4.14. The molecule has 1 aliphatic rings. The standard InChI is InChI=1S/C16H17Cl2NO3S/c1-9(2)8-19-15(21)13(14(16(19)22)23-6-5-20)11-4-3-10(17)7-12(11)18/h3-4,7,9,20H,5-6,8H2,1-2H3. The first-order chi connectivity index (χ1) is 10.9. The Kier molecular flexibility index (Phi) is 6.14. The molecule has 2 amide bonds. The van der Waals surface area contributed by atoms with E-state index in [1.54, 1.807) is 18.2 Å². The number of aliphatic hydroxyl groups is 1. The molecule has 7 heteroatoms. The highest BCUT2D eigenvalue weighted by molar-refractivity contribution is 8.04. The number of hydrogen-bond acceptors (Lipinski definition) is 4. The molecule has 0 spiro atoms. The number of carbonyl (C=O) groups excluding carboxylic acids is 2. The third kappa shape index (κ3) is 3.91. The highest BCUT2D eigenvalue weighted by Crippen LogP contribution is 2.39. The van der Waals surface area contributed by atoms with Gasteiger partial charge in [0.1, 0.15) is 0 Å². The maximum absolute atomic E-state index is 12.7. The highest BCUT2D eigenvalue weighted by Gasteiger charge is 2.39. The molecule has 0 saturated carbocycles. The van der Waals surface area contributed by atoms with Crippen molar-refractivity contribution in [3.05, 3.63) is 38.7 Å². The van der Waals surface area contributed by atoms with Gasteiger partial charge in [-0.25, -0.2) is 0 Å². The largest absolute Gasteiger partial charge is 0.396 e. The molecule has 1 N–H and O–H groups in total. The first-order valence-corrected chi connectivity index (χ1v) is 8.90.